The van der Waals surface area contributed by atoms with Gasteiger partial charge < -0.3 is 15.3 Å². The maximum absolute atomic E-state index is 8.73. The van der Waals surface area contributed by atoms with Gasteiger partial charge in [-0.2, -0.15) is 0 Å². The molecule has 84 valence electrons. The first-order chi connectivity index (χ1) is 6.86. The maximum atomic E-state index is 8.73. The molecule has 3 heteroatoms. The lowest BCUT2D eigenvalue weighted by molar-refractivity contribution is 0.181. The van der Waals surface area contributed by atoms with Gasteiger partial charge in [0.15, 0.2) is 0 Å². The molecular weight excluding hydrogens is 176 g/mol. The van der Waals surface area contributed by atoms with Crippen molar-refractivity contribution in [1.82, 2.24) is 10.2 Å². The summed E-state index contributed by atoms with van der Waals surface area (Å²) in [7, 11) is 0. The largest absolute Gasteiger partial charge is 0.395 e. The molecule has 0 aliphatic carbocycles. The lowest BCUT2D eigenvalue weighted by Gasteiger charge is -2.33. The van der Waals surface area contributed by atoms with Gasteiger partial charge in [0.2, 0.25) is 0 Å². The molecule has 0 saturated carbocycles. The Morgan fingerprint density at radius 2 is 2.36 bits per heavy atom. The van der Waals surface area contributed by atoms with E-state index in [0.29, 0.717) is 6.04 Å². The molecule has 14 heavy (non-hydrogen) atoms. The lowest BCUT2D eigenvalue weighted by atomic mass is 10.1. The smallest absolute Gasteiger partial charge is 0.0556 e. The number of hydrogen-bond donors (Lipinski definition) is 2. The van der Waals surface area contributed by atoms with E-state index in [0.717, 1.165) is 6.54 Å². The minimum atomic E-state index is 0.255. The van der Waals surface area contributed by atoms with E-state index in [1.165, 1.54) is 45.3 Å². The second-order valence-electron chi connectivity index (χ2n) is 4.17. The molecule has 0 aromatic heterocycles. The zero-order chi connectivity index (χ0) is 10.2. The zero-order valence-electron chi connectivity index (χ0n) is 9.34. The Bertz CT molecular complexity index is 127. The minimum absolute atomic E-state index is 0.255. The molecule has 1 aliphatic heterocycles. The molecule has 0 radical (unpaired) electrons. The number of rotatable bonds is 6. The van der Waals surface area contributed by atoms with Crippen LogP contribution in [0.5, 0.6) is 0 Å². The summed E-state index contributed by atoms with van der Waals surface area (Å²) in [6.45, 7) is 6.91. The predicted octanol–water partition coefficient (Wildman–Crippen LogP) is 0.833. The van der Waals surface area contributed by atoms with Crippen molar-refractivity contribution in [2.24, 2.45) is 0 Å². The molecule has 1 fully saturated rings. The van der Waals surface area contributed by atoms with E-state index in [4.69, 9.17) is 5.11 Å². The van der Waals surface area contributed by atoms with Crippen molar-refractivity contribution in [3.63, 3.8) is 0 Å². The predicted molar refractivity (Wildman–Crippen MR) is 59.5 cm³/mol. The first kappa shape index (κ1) is 12.0. The molecule has 1 rings (SSSR count). The standard InChI is InChI=1S/C11H24N2O/c1-2-3-7-13-8-4-5-11(10-13)12-6-9-14/h11-12,14H,2-10H2,1H3. The van der Waals surface area contributed by atoms with Crippen molar-refractivity contribution in [1.29, 1.82) is 0 Å². The molecule has 1 saturated heterocycles. The maximum Gasteiger partial charge on any atom is 0.0556 e. The molecule has 0 amide bonds. The van der Waals surface area contributed by atoms with Crippen LogP contribution in [0.4, 0.5) is 0 Å². The van der Waals surface area contributed by atoms with Crippen molar-refractivity contribution in [3.05, 3.63) is 0 Å². The van der Waals surface area contributed by atoms with E-state index in [9.17, 15) is 0 Å². The highest BCUT2D eigenvalue weighted by molar-refractivity contribution is 4.77. The summed E-state index contributed by atoms with van der Waals surface area (Å²) < 4.78 is 0. The van der Waals surface area contributed by atoms with E-state index in [-0.39, 0.29) is 6.61 Å². The second-order valence-corrected chi connectivity index (χ2v) is 4.17. The second kappa shape index (κ2) is 7.21. The number of aliphatic hydroxyl groups excluding tert-OH is 1. The summed E-state index contributed by atoms with van der Waals surface area (Å²) in [5, 5.41) is 12.1. The van der Waals surface area contributed by atoms with Crippen LogP contribution in [0.15, 0.2) is 0 Å². The average Bonchev–Trinajstić information content (AvgIpc) is 2.24. The molecule has 0 aromatic carbocycles. The summed E-state index contributed by atoms with van der Waals surface area (Å²) in [6, 6.07) is 0.604. The molecule has 0 spiro atoms. The van der Waals surface area contributed by atoms with Gasteiger partial charge in [0.05, 0.1) is 6.61 Å². The van der Waals surface area contributed by atoms with Crippen LogP contribution in [0.25, 0.3) is 0 Å². The number of aliphatic hydroxyl groups is 1. The SMILES string of the molecule is CCCCN1CCCC(NCCO)C1. The Balaban J connectivity index is 2.14. The number of unbranched alkanes of at least 4 members (excludes halogenated alkanes) is 1. The normalized spacial score (nSPS) is 24.0. The Morgan fingerprint density at radius 1 is 1.50 bits per heavy atom. The van der Waals surface area contributed by atoms with Crippen LogP contribution >= 0.6 is 0 Å². The molecule has 0 aromatic rings. The topological polar surface area (TPSA) is 35.5 Å². The van der Waals surface area contributed by atoms with E-state index in [1.54, 1.807) is 0 Å². The third-order valence-electron chi connectivity index (χ3n) is 2.88. The van der Waals surface area contributed by atoms with Gasteiger partial charge in [-0.05, 0) is 32.4 Å². The molecule has 0 bridgehead atoms. The van der Waals surface area contributed by atoms with Crippen LogP contribution in [-0.2, 0) is 0 Å². The first-order valence-electron chi connectivity index (χ1n) is 5.93. The Morgan fingerprint density at radius 3 is 3.07 bits per heavy atom. The molecule has 1 unspecified atom stereocenters. The van der Waals surface area contributed by atoms with Gasteiger partial charge in [0, 0.05) is 19.1 Å². The summed E-state index contributed by atoms with van der Waals surface area (Å²) in [4.78, 5) is 2.54. The van der Waals surface area contributed by atoms with Crippen LogP contribution in [0.1, 0.15) is 32.6 Å². The molecule has 1 aliphatic rings. The lowest BCUT2D eigenvalue weighted by Crippen LogP contribution is -2.46. The number of nitrogens with zero attached hydrogens (tertiary/aromatic N) is 1. The third kappa shape index (κ3) is 4.40. The van der Waals surface area contributed by atoms with E-state index in [1.807, 2.05) is 0 Å². The van der Waals surface area contributed by atoms with Gasteiger partial charge in [0.25, 0.3) is 0 Å². The monoisotopic (exact) mass is 200 g/mol. The van der Waals surface area contributed by atoms with Crippen molar-refractivity contribution >= 4 is 0 Å². The summed E-state index contributed by atoms with van der Waals surface area (Å²) in [5.41, 5.74) is 0. The quantitative estimate of drug-likeness (QED) is 0.667. The van der Waals surface area contributed by atoms with Crippen LogP contribution in [0.3, 0.4) is 0 Å². The summed E-state index contributed by atoms with van der Waals surface area (Å²) >= 11 is 0. The fourth-order valence-corrected chi connectivity index (χ4v) is 2.08. The van der Waals surface area contributed by atoms with Gasteiger partial charge in [0.1, 0.15) is 0 Å². The van der Waals surface area contributed by atoms with E-state index < -0.39 is 0 Å². The van der Waals surface area contributed by atoms with Crippen molar-refractivity contribution < 1.29 is 5.11 Å². The Kier molecular flexibility index (Phi) is 6.15. The van der Waals surface area contributed by atoms with Gasteiger partial charge in [-0.1, -0.05) is 13.3 Å². The minimum Gasteiger partial charge on any atom is -0.395 e. The number of piperidine rings is 1. The summed E-state index contributed by atoms with van der Waals surface area (Å²) in [5.74, 6) is 0. The molecule has 1 heterocycles. The number of likely N-dealkylation sites (tertiary alicyclic amines) is 1. The van der Waals surface area contributed by atoms with E-state index in [2.05, 4.69) is 17.1 Å². The highest BCUT2D eigenvalue weighted by Crippen LogP contribution is 2.10. The fraction of sp³-hybridized carbons (Fsp3) is 1.00. The highest BCUT2D eigenvalue weighted by atomic mass is 16.3. The van der Waals surface area contributed by atoms with Crippen molar-refractivity contribution in [2.45, 2.75) is 38.6 Å². The van der Waals surface area contributed by atoms with Gasteiger partial charge in [-0.15, -0.1) is 0 Å². The van der Waals surface area contributed by atoms with Crippen LogP contribution in [-0.4, -0.2) is 48.8 Å². The van der Waals surface area contributed by atoms with Crippen LogP contribution in [0, 0.1) is 0 Å². The van der Waals surface area contributed by atoms with Crippen molar-refractivity contribution in [3.8, 4) is 0 Å². The van der Waals surface area contributed by atoms with Gasteiger partial charge in [-0.3, -0.25) is 0 Å². The Hall–Kier alpha value is -0.120. The average molecular weight is 200 g/mol. The Labute approximate surface area is 87.5 Å². The number of hydrogen-bond acceptors (Lipinski definition) is 3. The zero-order valence-corrected chi connectivity index (χ0v) is 9.34. The summed E-state index contributed by atoms with van der Waals surface area (Å²) in [6.07, 6.45) is 5.16. The molecular formula is C11H24N2O. The first-order valence-corrected chi connectivity index (χ1v) is 5.93. The highest BCUT2D eigenvalue weighted by Gasteiger charge is 2.18. The third-order valence-corrected chi connectivity index (χ3v) is 2.88. The number of nitrogens with one attached hydrogen (secondary N) is 1. The van der Waals surface area contributed by atoms with E-state index >= 15 is 0 Å². The van der Waals surface area contributed by atoms with Gasteiger partial charge >= 0.3 is 0 Å². The molecule has 2 N–H and O–H groups in total. The molecule has 3 nitrogen and oxygen atoms in total. The van der Waals surface area contributed by atoms with Gasteiger partial charge in [-0.25, -0.2) is 0 Å². The molecule has 1 atom stereocenters. The van der Waals surface area contributed by atoms with Crippen LogP contribution < -0.4 is 5.32 Å². The van der Waals surface area contributed by atoms with Crippen LogP contribution in [0.2, 0.25) is 0 Å². The van der Waals surface area contributed by atoms with Crippen molar-refractivity contribution in [2.75, 3.05) is 32.8 Å². The fourth-order valence-electron chi connectivity index (χ4n) is 2.08.